The minimum Gasteiger partial charge on any atom is -0.361 e. The normalized spacial score (nSPS) is 19.9. The van der Waals surface area contributed by atoms with Gasteiger partial charge in [0.15, 0.2) is 0 Å². The number of fused-ring (bicyclic) bond motifs is 1. The van der Waals surface area contributed by atoms with Crippen LogP contribution in [-0.4, -0.2) is 29.1 Å². The fourth-order valence-electron chi connectivity index (χ4n) is 3.21. The van der Waals surface area contributed by atoms with Crippen LogP contribution in [0.2, 0.25) is 0 Å². The molecule has 1 atom stereocenters. The Labute approximate surface area is 114 Å². The number of nitrogens with one attached hydrogen (secondary N) is 1. The van der Waals surface area contributed by atoms with E-state index in [0.29, 0.717) is 5.92 Å². The highest BCUT2D eigenvalue weighted by Crippen LogP contribution is 2.33. The van der Waals surface area contributed by atoms with Crippen LogP contribution in [0.5, 0.6) is 0 Å². The third-order valence-corrected chi connectivity index (χ3v) is 4.41. The molecule has 2 heterocycles. The molecule has 0 aliphatic carbocycles. The van der Waals surface area contributed by atoms with Crippen LogP contribution in [0.3, 0.4) is 0 Å². The van der Waals surface area contributed by atoms with Gasteiger partial charge in [-0.2, -0.15) is 0 Å². The van der Waals surface area contributed by atoms with Crippen molar-refractivity contribution in [2.75, 3.05) is 13.1 Å². The zero-order chi connectivity index (χ0) is 13.4. The first-order valence-corrected chi connectivity index (χ1v) is 7.22. The molecule has 3 nitrogen and oxygen atoms in total. The van der Waals surface area contributed by atoms with Crippen molar-refractivity contribution in [3.8, 4) is 0 Å². The van der Waals surface area contributed by atoms with E-state index in [4.69, 9.17) is 5.73 Å². The molecule has 102 valence electrons. The Morgan fingerprint density at radius 2 is 2.05 bits per heavy atom. The number of likely N-dealkylation sites (tertiary alicyclic amines) is 1. The number of benzene rings is 1. The van der Waals surface area contributed by atoms with Crippen LogP contribution >= 0.6 is 0 Å². The fraction of sp³-hybridized carbons (Fsp3) is 0.500. The molecule has 1 aliphatic rings. The highest BCUT2D eigenvalue weighted by atomic mass is 15.2. The summed E-state index contributed by atoms with van der Waals surface area (Å²) in [6, 6.07) is 6.66. The first-order valence-electron chi connectivity index (χ1n) is 7.22. The lowest BCUT2D eigenvalue weighted by molar-refractivity contribution is 0.165. The number of hydrogen-bond acceptors (Lipinski definition) is 2. The maximum absolute atomic E-state index is 5.96. The molecule has 1 aromatic carbocycles. The predicted molar refractivity (Wildman–Crippen MR) is 80.2 cm³/mol. The van der Waals surface area contributed by atoms with E-state index in [2.05, 4.69) is 48.1 Å². The molecular weight excluding hydrogens is 234 g/mol. The molecule has 1 aromatic heterocycles. The van der Waals surface area contributed by atoms with Crippen molar-refractivity contribution in [2.24, 2.45) is 5.73 Å². The molecule has 1 fully saturated rings. The van der Waals surface area contributed by atoms with Gasteiger partial charge in [-0.25, -0.2) is 0 Å². The zero-order valence-corrected chi connectivity index (χ0v) is 11.8. The largest absolute Gasteiger partial charge is 0.361 e. The Kier molecular flexibility index (Phi) is 3.33. The van der Waals surface area contributed by atoms with Gasteiger partial charge >= 0.3 is 0 Å². The topological polar surface area (TPSA) is 45.0 Å². The van der Waals surface area contributed by atoms with Crippen LogP contribution < -0.4 is 5.73 Å². The maximum atomic E-state index is 5.96. The molecule has 0 bridgehead atoms. The Bertz CT molecular complexity index is 562. The monoisotopic (exact) mass is 257 g/mol. The average molecular weight is 257 g/mol. The number of piperidine rings is 1. The van der Waals surface area contributed by atoms with Gasteiger partial charge in [0.2, 0.25) is 0 Å². The van der Waals surface area contributed by atoms with Crippen molar-refractivity contribution < 1.29 is 0 Å². The van der Waals surface area contributed by atoms with Gasteiger partial charge in [-0.15, -0.1) is 0 Å². The number of aromatic nitrogens is 1. The van der Waals surface area contributed by atoms with E-state index >= 15 is 0 Å². The van der Waals surface area contributed by atoms with E-state index < -0.39 is 0 Å². The van der Waals surface area contributed by atoms with Gasteiger partial charge in [0.25, 0.3) is 0 Å². The molecule has 0 radical (unpaired) electrons. The SMILES string of the molecule is Cc1ccc2[nH]cc(C3CCN(C(C)N)CC3)c2c1. The quantitative estimate of drug-likeness (QED) is 0.868. The van der Waals surface area contributed by atoms with Crippen LogP contribution in [0.15, 0.2) is 24.4 Å². The number of rotatable bonds is 2. The number of aromatic amines is 1. The van der Waals surface area contributed by atoms with Gasteiger partial charge < -0.3 is 10.7 Å². The predicted octanol–water partition coefficient (Wildman–Crippen LogP) is 2.96. The molecule has 3 heteroatoms. The molecular formula is C16H23N3. The summed E-state index contributed by atoms with van der Waals surface area (Å²) in [4.78, 5) is 5.78. The van der Waals surface area contributed by atoms with E-state index in [1.807, 2.05) is 0 Å². The number of nitrogens with zero attached hydrogens (tertiary/aromatic N) is 1. The van der Waals surface area contributed by atoms with Crippen LogP contribution in [0.4, 0.5) is 0 Å². The van der Waals surface area contributed by atoms with Gasteiger partial charge in [0, 0.05) is 30.2 Å². The van der Waals surface area contributed by atoms with E-state index in [9.17, 15) is 0 Å². The molecule has 0 amide bonds. The third kappa shape index (κ3) is 2.40. The van der Waals surface area contributed by atoms with Gasteiger partial charge in [0.1, 0.15) is 0 Å². The lowest BCUT2D eigenvalue weighted by atomic mass is 9.89. The summed E-state index contributed by atoms with van der Waals surface area (Å²) in [5.74, 6) is 0.672. The third-order valence-electron chi connectivity index (χ3n) is 4.41. The van der Waals surface area contributed by atoms with Crippen molar-refractivity contribution in [3.05, 3.63) is 35.5 Å². The molecule has 0 saturated carbocycles. The van der Waals surface area contributed by atoms with Crippen LogP contribution in [0, 0.1) is 6.92 Å². The van der Waals surface area contributed by atoms with Gasteiger partial charge in [-0.1, -0.05) is 11.6 Å². The van der Waals surface area contributed by atoms with Crippen LogP contribution in [0.1, 0.15) is 36.8 Å². The lowest BCUT2D eigenvalue weighted by Crippen LogP contribution is -2.44. The summed E-state index contributed by atoms with van der Waals surface area (Å²) >= 11 is 0. The van der Waals surface area contributed by atoms with Crippen molar-refractivity contribution in [1.29, 1.82) is 0 Å². The molecule has 1 unspecified atom stereocenters. The van der Waals surface area contributed by atoms with Crippen molar-refractivity contribution >= 4 is 10.9 Å². The second kappa shape index (κ2) is 4.99. The molecule has 19 heavy (non-hydrogen) atoms. The van der Waals surface area contributed by atoms with E-state index in [1.54, 1.807) is 0 Å². The van der Waals surface area contributed by atoms with E-state index in [0.717, 1.165) is 13.1 Å². The number of H-pyrrole nitrogens is 1. The maximum Gasteiger partial charge on any atom is 0.0542 e. The van der Waals surface area contributed by atoms with Gasteiger partial charge in [0.05, 0.1) is 6.17 Å². The number of nitrogens with two attached hydrogens (primary N) is 1. The highest BCUT2D eigenvalue weighted by Gasteiger charge is 2.23. The van der Waals surface area contributed by atoms with Gasteiger partial charge in [-0.3, -0.25) is 4.90 Å². The van der Waals surface area contributed by atoms with Crippen molar-refractivity contribution in [3.63, 3.8) is 0 Å². The van der Waals surface area contributed by atoms with Crippen LogP contribution in [0.25, 0.3) is 10.9 Å². The van der Waals surface area contributed by atoms with E-state index in [1.165, 1.54) is 34.9 Å². The Morgan fingerprint density at radius 1 is 1.32 bits per heavy atom. The molecule has 0 spiro atoms. The minimum absolute atomic E-state index is 0.186. The molecule has 1 aliphatic heterocycles. The summed E-state index contributed by atoms with van der Waals surface area (Å²) < 4.78 is 0. The summed E-state index contributed by atoms with van der Waals surface area (Å²) in [5, 5.41) is 1.40. The standard InChI is InChI=1S/C16H23N3/c1-11-3-4-16-14(9-11)15(10-18-16)13-5-7-19(8-6-13)12(2)17/h3-4,9-10,12-13,18H,5-8,17H2,1-2H3. The molecule has 2 aromatic rings. The van der Waals surface area contributed by atoms with Crippen LogP contribution in [-0.2, 0) is 0 Å². The zero-order valence-electron chi connectivity index (χ0n) is 11.8. The highest BCUT2D eigenvalue weighted by molar-refractivity contribution is 5.84. The molecule has 3 N–H and O–H groups in total. The Hall–Kier alpha value is -1.32. The van der Waals surface area contributed by atoms with Crippen molar-refractivity contribution in [2.45, 2.75) is 38.8 Å². The molecule has 1 saturated heterocycles. The van der Waals surface area contributed by atoms with Gasteiger partial charge in [-0.05, 0) is 50.3 Å². The summed E-state index contributed by atoms with van der Waals surface area (Å²) in [5.41, 5.74) is 10.0. The lowest BCUT2D eigenvalue weighted by Gasteiger charge is -2.34. The first kappa shape index (κ1) is 12.7. The number of hydrogen-bond donors (Lipinski definition) is 2. The first-order chi connectivity index (χ1) is 9.15. The Balaban J connectivity index is 1.84. The molecule has 3 rings (SSSR count). The summed E-state index contributed by atoms with van der Waals surface area (Å²) in [6.07, 6.45) is 4.81. The second-order valence-corrected chi connectivity index (χ2v) is 5.84. The summed E-state index contributed by atoms with van der Waals surface area (Å²) in [6.45, 7) is 6.46. The average Bonchev–Trinajstić information content (AvgIpc) is 2.81. The van der Waals surface area contributed by atoms with Crippen molar-refractivity contribution in [1.82, 2.24) is 9.88 Å². The smallest absolute Gasteiger partial charge is 0.0542 e. The second-order valence-electron chi connectivity index (χ2n) is 5.84. The van der Waals surface area contributed by atoms with E-state index in [-0.39, 0.29) is 6.17 Å². The number of aryl methyl sites for hydroxylation is 1. The minimum atomic E-state index is 0.186. The summed E-state index contributed by atoms with van der Waals surface area (Å²) in [7, 11) is 0. The fourth-order valence-corrected chi connectivity index (χ4v) is 3.21. The Morgan fingerprint density at radius 3 is 2.74 bits per heavy atom.